The summed E-state index contributed by atoms with van der Waals surface area (Å²) in [4.78, 5) is 0. The van der Waals surface area contributed by atoms with Crippen molar-refractivity contribution in [2.24, 2.45) is 0 Å². The standard InChI is InChI=1S/C12H11N3/c1-9-4-2-6-11(12(9)14)15-7-3-5-10(15)8-13/h2-7H,14H2,1H3. The summed E-state index contributed by atoms with van der Waals surface area (Å²) in [6.07, 6.45) is 1.84. The van der Waals surface area contributed by atoms with Crippen LogP contribution < -0.4 is 5.73 Å². The summed E-state index contributed by atoms with van der Waals surface area (Å²) < 4.78 is 1.79. The summed E-state index contributed by atoms with van der Waals surface area (Å²) in [6.45, 7) is 1.95. The van der Waals surface area contributed by atoms with Crippen molar-refractivity contribution < 1.29 is 0 Å². The number of nitrogens with zero attached hydrogens (tertiary/aromatic N) is 2. The van der Waals surface area contributed by atoms with Gasteiger partial charge in [0, 0.05) is 6.20 Å². The second kappa shape index (κ2) is 3.50. The molecule has 2 N–H and O–H groups in total. The molecule has 0 atom stereocenters. The van der Waals surface area contributed by atoms with E-state index < -0.39 is 0 Å². The van der Waals surface area contributed by atoms with Crippen LogP contribution in [0.15, 0.2) is 36.5 Å². The van der Waals surface area contributed by atoms with E-state index in [-0.39, 0.29) is 0 Å². The van der Waals surface area contributed by atoms with Gasteiger partial charge >= 0.3 is 0 Å². The van der Waals surface area contributed by atoms with Gasteiger partial charge in [-0.25, -0.2) is 0 Å². The highest BCUT2D eigenvalue weighted by atomic mass is 15.0. The topological polar surface area (TPSA) is 54.7 Å². The minimum Gasteiger partial charge on any atom is -0.397 e. The SMILES string of the molecule is Cc1cccc(-n2cccc2C#N)c1N. The minimum atomic E-state index is 0.590. The van der Waals surface area contributed by atoms with Crippen molar-refractivity contribution in [2.45, 2.75) is 6.92 Å². The van der Waals surface area contributed by atoms with Gasteiger partial charge < -0.3 is 10.3 Å². The van der Waals surface area contributed by atoms with Crippen LogP contribution in [0.5, 0.6) is 0 Å². The van der Waals surface area contributed by atoms with Crippen molar-refractivity contribution in [2.75, 3.05) is 5.73 Å². The summed E-state index contributed by atoms with van der Waals surface area (Å²) >= 11 is 0. The lowest BCUT2D eigenvalue weighted by Crippen LogP contribution is -2.01. The Labute approximate surface area is 88.4 Å². The van der Waals surface area contributed by atoms with Crippen molar-refractivity contribution in [1.82, 2.24) is 4.57 Å². The molecule has 0 aliphatic rings. The number of aryl methyl sites for hydroxylation is 1. The molecule has 74 valence electrons. The number of rotatable bonds is 1. The molecule has 0 radical (unpaired) electrons. The molecule has 0 aliphatic carbocycles. The third kappa shape index (κ3) is 1.46. The molecule has 1 aromatic heterocycles. The van der Waals surface area contributed by atoms with Gasteiger partial charge in [0.05, 0.1) is 11.4 Å². The zero-order chi connectivity index (χ0) is 10.8. The van der Waals surface area contributed by atoms with E-state index in [2.05, 4.69) is 6.07 Å². The Morgan fingerprint density at radius 1 is 1.27 bits per heavy atom. The molecule has 0 saturated heterocycles. The first-order valence-electron chi connectivity index (χ1n) is 4.67. The molecule has 0 saturated carbocycles. The van der Waals surface area contributed by atoms with Gasteiger partial charge in [-0.2, -0.15) is 5.26 Å². The highest BCUT2D eigenvalue weighted by Crippen LogP contribution is 2.22. The van der Waals surface area contributed by atoms with Crippen LogP contribution in [0.3, 0.4) is 0 Å². The molecule has 1 heterocycles. The number of hydrogen-bond donors (Lipinski definition) is 1. The average molecular weight is 197 g/mol. The van der Waals surface area contributed by atoms with Crippen molar-refractivity contribution >= 4 is 5.69 Å². The Morgan fingerprint density at radius 2 is 2.07 bits per heavy atom. The monoisotopic (exact) mass is 197 g/mol. The van der Waals surface area contributed by atoms with Crippen molar-refractivity contribution in [3.05, 3.63) is 47.8 Å². The summed E-state index contributed by atoms with van der Waals surface area (Å²) in [5, 5.41) is 8.92. The zero-order valence-electron chi connectivity index (χ0n) is 8.44. The molecule has 0 unspecified atom stereocenters. The first-order chi connectivity index (χ1) is 7.24. The molecule has 15 heavy (non-hydrogen) atoms. The van der Waals surface area contributed by atoms with Crippen LogP contribution >= 0.6 is 0 Å². The molecule has 3 nitrogen and oxygen atoms in total. The largest absolute Gasteiger partial charge is 0.397 e. The highest BCUT2D eigenvalue weighted by molar-refractivity contribution is 5.63. The second-order valence-electron chi connectivity index (χ2n) is 3.38. The number of nitrogens with two attached hydrogens (primary N) is 1. The van der Waals surface area contributed by atoms with E-state index in [0.29, 0.717) is 11.4 Å². The molecule has 3 heteroatoms. The van der Waals surface area contributed by atoms with E-state index in [0.717, 1.165) is 11.3 Å². The fourth-order valence-electron chi connectivity index (χ4n) is 1.56. The van der Waals surface area contributed by atoms with Crippen molar-refractivity contribution in [3.63, 3.8) is 0 Å². The summed E-state index contributed by atoms with van der Waals surface area (Å²) in [5.41, 5.74) is 9.15. The van der Waals surface area contributed by atoms with E-state index in [4.69, 9.17) is 11.0 Å². The third-order valence-corrected chi connectivity index (χ3v) is 2.42. The van der Waals surface area contributed by atoms with Gasteiger partial charge in [-0.05, 0) is 30.7 Å². The van der Waals surface area contributed by atoms with E-state index in [1.54, 1.807) is 10.6 Å². The first-order valence-corrected chi connectivity index (χ1v) is 4.67. The average Bonchev–Trinajstić information content (AvgIpc) is 2.70. The molecule has 0 fully saturated rings. The maximum atomic E-state index is 8.92. The number of nitrogen functional groups attached to an aromatic ring is 1. The van der Waals surface area contributed by atoms with Gasteiger partial charge in [-0.3, -0.25) is 0 Å². The van der Waals surface area contributed by atoms with Gasteiger partial charge in [0.2, 0.25) is 0 Å². The van der Waals surface area contributed by atoms with E-state index in [1.165, 1.54) is 0 Å². The maximum absolute atomic E-state index is 8.92. The normalized spacial score (nSPS) is 9.87. The Balaban J connectivity index is 2.65. The smallest absolute Gasteiger partial charge is 0.124 e. The molecule has 1 aromatic carbocycles. The maximum Gasteiger partial charge on any atom is 0.124 e. The van der Waals surface area contributed by atoms with E-state index in [9.17, 15) is 0 Å². The fraction of sp³-hybridized carbons (Fsp3) is 0.0833. The second-order valence-corrected chi connectivity index (χ2v) is 3.38. The number of benzene rings is 1. The Bertz CT molecular complexity index is 532. The van der Waals surface area contributed by atoms with Gasteiger partial charge in [0.15, 0.2) is 0 Å². The summed E-state index contributed by atoms with van der Waals surface area (Å²) in [7, 11) is 0. The number of hydrogen-bond acceptors (Lipinski definition) is 2. The number of aromatic nitrogens is 1. The number of nitriles is 1. The van der Waals surface area contributed by atoms with Crippen molar-refractivity contribution in [1.29, 1.82) is 5.26 Å². The van der Waals surface area contributed by atoms with Gasteiger partial charge in [-0.15, -0.1) is 0 Å². The van der Waals surface area contributed by atoms with E-state index >= 15 is 0 Å². The van der Waals surface area contributed by atoms with Crippen LogP contribution in [0.25, 0.3) is 5.69 Å². The molecular weight excluding hydrogens is 186 g/mol. The molecule has 0 bridgehead atoms. The summed E-state index contributed by atoms with van der Waals surface area (Å²) in [5.74, 6) is 0. The lowest BCUT2D eigenvalue weighted by Gasteiger charge is -2.10. The Hall–Kier alpha value is -2.21. The highest BCUT2D eigenvalue weighted by Gasteiger charge is 2.06. The molecule has 0 aliphatic heterocycles. The number of anilines is 1. The summed E-state index contributed by atoms with van der Waals surface area (Å²) in [6, 6.07) is 11.5. The van der Waals surface area contributed by atoms with Crippen LogP contribution in [-0.2, 0) is 0 Å². The van der Waals surface area contributed by atoms with E-state index in [1.807, 2.05) is 37.4 Å². The van der Waals surface area contributed by atoms with Crippen LogP contribution in [0.4, 0.5) is 5.69 Å². The van der Waals surface area contributed by atoms with Crippen LogP contribution in [-0.4, -0.2) is 4.57 Å². The lowest BCUT2D eigenvalue weighted by molar-refractivity contribution is 1.05. The Morgan fingerprint density at radius 3 is 2.80 bits per heavy atom. The molecule has 2 aromatic rings. The first kappa shape index (κ1) is 9.35. The quantitative estimate of drug-likeness (QED) is 0.713. The van der Waals surface area contributed by atoms with Crippen molar-refractivity contribution in [3.8, 4) is 11.8 Å². The predicted molar refractivity (Wildman–Crippen MR) is 59.6 cm³/mol. The molecule has 0 amide bonds. The van der Waals surface area contributed by atoms with Gasteiger partial charge in [0.1, 0.15) is 11.8 Å². The predicted octanol–water partition coefficient (Wildman–Crippen LogP) is 2.24. The third-order valence-electron chi connectivity index (χ3n) is 2.42. The van der Waals surface area contributed by atoms with Gasteiger partial charge in [0.25, 0.3) is 0 Å². The molecular formula is C12H11N3. The van der Waals surface area contributed by atoms with Crippen LogP contribution in [0, 0.1) is 18.3 Å². The Kier molecular flexibility index (Phi) is 2.18. The van der Waals surface area contributed by atoms with Crippen LogP contribution in [0.2, 0.25) is 0 Å². The van der Waals surface area contributed by atoms with Gasteiger partial charge in [-0.1, -0.05) is 12.1 Å². The minimum absolute atomic E-state index is 0.590. The fourth-order valence-corrected chi connectivity index (χ4v) is 1.56. The number of para-hydroxylation sites is 1. The lowest BCUT2D eigenvalue weighted by atomic mass is 10.1. The molecule has 0 spiro atoms. The van der Waals surface area contributed by atoms with Crippen LogP contribution in [0.1, 0.15) is 11.3 Å². The molecule has 2 rings (SSSR count). The zero-order valence-corrected chi connectivity index (χ0v) is 8.44.